The standard InChI is InChI=1S/C15H25N3O2/c1-4-17(5-2)11-8-12-18(6-3)14-13(15(19)20)9-7-10-16-14/h7,9-10H,4-6,8,11-12H2,1-3H3,(H,19,20). The van der Waals surface area contributed by atoms with Crippen LogP contribution in [0.2, 0.25) is 0 Å². The predicted octanol–water partition coefficient (Wildman–Crippen LogP) is 2.34. The molecule has 20 heavy (non-hydrogen) atoms. The Kier molecular flexibility index (Phi) is 7.01. The Bertz CT molecular complexity index is 419. The zero-order valence-corrected chi connectivity index (χ0v) is 12.7. The summed E-state index contributed by atoms with van der Waals surface area (Å²) < 4.78 is 0. The Morgan fingerprint density at radius 1 is 1.20 bits per heavy atom. The molecule has 0 saturated heterocycles. The van der Waals surface area contributed by atoms with Crippen molar-refractivity contribution in [1.82, 2.24) is 9.88 Å². The topological polar surface area (TPSA) is 56.7 Å². The molecule has 0 spiro atoms. The maximum atomic E-state index is 11.2. The molecule has 1 aromatic heterocycles. The lowest BCUT2D eigenvalue weighted by Gasteiger charge is -2.25. The molecule has 0 unspecified atom stereocenters. The minimum Gasteiger partial charge on any atom is -0.478 e. The van der Waals surface area contributed by atoms with Crippen molar-refractivity contribution in [2.75, 3.05) is 37.6 Å². The number of carboxylic acid groups (broad SMARTS) is 1. The van der Waals surface area contributed by atoms with Crippen LogP contribution in [0.1, 0.15) is 37.6 Å². The molecule has 0 saturated carbocycles. The number of aromatic nitrogens is 1. The van der Waals surface area contributed by atoms with Crippen molar-refractivity contribution in [3.05, 3.63) is 23.9 Å². The monoisotopic (exact) mass is 279 g/mol. The van der Waals surface area contributed by atoms with Gasteiger partial charge in [-0.2, -0.15) is 0 Å². The molecule has 1 N–H and O–H groups in total. The van der Waals surface area contributed by atoms with Gasteiger partial charge >= 0.3 is 5.97 Å². The van der Waals surface area contributed by atoms with Crippen LogP contribution in [0.5, 0.6) is 0 Å². The maximum absolute atomic E-state index is 11.2. The summed E-state index contributed by atoms with van der Waals surface area (Å²) in [6.45, 7) is 11.0. The second-order valence-corrected chi connectivity index (χ2v) is 4.64. The molecule has 5 heteroatoms. The lowest BCUT2D eigenvalue weighted by molar-refractivity contribution is 0.0697. The fourth-order valence-corrected chi connectivity index (χ4v) is 2.25. The van der Waals surface area contributed by atoms with Crippen molar-refractivity contribution >= 4 is 11.8 Å². The highest BCUT2D eigenvalue weighted by molar-refractivity contribution is 5.93. The number of aromatic carboxylic acids is 1. The van der Waals surface area contributed by atoms with E-state index in [0.29, 0.717) is 5.82 Å². The van der Waals surface area contributed by atoms with E-state index in [-0.39, 0.29) is 5.56 Å². The zero-order chi connectivity index (χ0) is 15.0. The van der Waals surface area contributed by atoms with Gasteiger partial charge in [0.15, 0.2) is 0 Å². The summed E-state index contributed by atoms with van der Waals surface area (Å²) in [5.41, 5.74) is 0.275. The Balaban J connectivity index is 2.69. The smallest absolute Gasteiger partial charge is 0.339 e. The largest absolute Gasteiger partial charge is 0.478 e. The summed E-state index contributed by atoms with van der Waals surface area (Å²) in [5, 5.41) is 9.22. The average molecular weight is 279 g/mol. The van der Waals surface area contributed by atoms with Gasteiger partial charge in [-0.1, -0.05) is 13.8 Å². The van der Waals surface area contributed by atoms with Crippen LogP contribution in [0.4, 0.5) is 5.82 Å². The molecule has 1 aromatic rings. The SMILES string of the molecule is CCN(CC)CCCN(CC)c1ncccc1C(=O)O. The van der Waals surface area contributed by atoms with Crippen molar-refractivity contribution in [2.24, 2.45) is 0 Å². The third-order valence-corrected chi connectivity index (χ3v) is 3.50. The van der Waals surface area contributed by atoms with Gasteiger partial charge in [-0.25, -0.2) is 9.78 Å². The summed E-state index contributed by atoms with van der Waals surface area (Å²) >= 11 is 0. The van der Waals surface area contributed by atoms with Crippen LogP contribution in [-0.2, 0) is 0 Å². The van der Waals surface area contributed by atoms with Crippen LogP contribution in [0.3, 0.4) is 0 Å². The van der Waals surface area contributed by atoms with E-state index in [2.05, 4.69) is 23.7 Å². The summed E-state index contributed by atoms with van der Waals surface area (Å²) in [6, 6.07) is 3.27. The van der Waals surface area contributed by atoms with Gasteiger partial charge in [0.25, 0.3) is 0 Å². The normalized spacial score (nSPS) is 10.8. The van der Waals surface area contributed by atoms with Gasteiger partial charge in [-0.3, -0.25) is 0 Å². The van der Waals surface area contributed by atoms with Crippen molar-refractivity contribution in [2.45, 2.75) is 27.2 Å². The molecule has 0 atom stereocenters. The van der Waals surface area contributed by atoms with E-state index in [1.165, 1.54) is 0 Å². The van der Waals surface area contributed by atoms with E-state index < -0.39 is 5.97 Å². The minimum atomic E-state index is -0.921. The number of carboxylic acids is 1. The van der Waals surface area contributed by atoms with Crippen LogP contribution in [-0.4, -0.2) is 53.7 Å². The number of carbonyl (C=O) groups is 1. The van der Waals surface area contributed by atoms with Gasteiger partial charge in [0.2, 0.25) is 0 Å². The number of hydrogen-bond donors (Lipinski definition) is 1. The first-order valence-electron chi connectivity index (χ1n) is 7.29. The van der Waals surface area contributed by atoms with Crippen molar-refractivity contribution in [3.8, 4) is 0 Å². The number of hydrogen-bond acceptors (Lipinski definition) is 4. The highest BCUT2D eigenvalue weighted by Gasteiger charge is 2.15. The van der Waals surface area contributed by atoms with Crippen LogP contribution in [0, 0.1) is 0 Å². The first-order chi connectivity index (χ1) is 9.63. The molecular weight excluding hydrogens is 254 g/mol. The van der Waals surface area contributed by atoms with Crippen LogP contribution in [0.25, 0.3) is 0 Å². The predicted molar refractivity (Wildman–Crippen MR) is 81.5 cm³/mol. The third kappa shape index (κ3) is 4.49. The first kappa shape index (κ1) is 16.4. The molecule has 0 bridgehead atoms. The van der Waals surface area contributed by atoms with Gasteiger partial charge in [0, 0.05) is 19.3 Å². The van der Waals surface area contributed by atoms with E-state index in [0.717, 1.165) is 39.1 Å². The molecule has 1 rings (SSSR count). The summed E-state index contributed by atoms with van der Waals surface area (Å²) in [4.78, 5) is 19.9. The molecule has 112 valence electrons. The van der Waals surface area contributed by atoms with E-state index in [1.807, 2.05) is 11.8 Å². The molecule has 0 radical (unpaired) electrons. The number of pyridine rings is 1. The Hall–Kier alpha value is -1.62. The lowest BCUT2D eigenvalue weighted by Crippen LogP contribution is -2.31. The van der Waals surface area contributed by atoms with Crippen molar-refractivity contribution in [3.63, 3.8) is 0 Å². The molecule has 0 aromatic carbocycles. The van der Waals surface area contributed by atoms with Gasteiger partial charge in [0.1, 0.15) is 11.4 Å². The van der Waals surface area contributed by atoms with E-state index in [9.17, 15) is 9.90 Å². The first-order valence-corrected chi connectivity index (χ1v) is 7.29. The number of anilines is 1. The molecule has 0 aliphatic heterocycles. The number of rotatable bonds is 9. The Labute approximate surface area is 121 Å². The summed E-state index contributed by atoms with van der Waals surface area (Å²) in [7, 11) is 0. The fraction of sp³-hybridized carbons (Fsp3) is 0.600. The average Bonchev–Trinajstić information content (AvgIpc) is 2.47. The molecule has 0 amide bonds. The Morgan fingerprint density at radius 2 is 1.90 bits per heavy atom. The van der Waals surface area contributed by atoms with Crippen molar-refractivity contribution < 1.29 is 9.90 Å². The van der Waals surface area contributed by atoms with Crippen LogP contribution in [0.15, 0.2) is 18.3 Å². The molecule has 5 nitrogen and oxygen atoms in total. The second kappa shape index (κ2) is 8.53. The second-order valence-electron chi connectivity index (χ2n) is 4.64. The quantitative estimate of drug-likeness (QED) is 0.752. The third-order valence-electron chi connectivity index (χ3n) is 3.50. The number of nitrogens with zero attached hydrogens (tertiary/aromatic N) is 3. The van der Waals surface area contributed by atoms with E-state index >= 15 is 0 Å². The van der Waals surface area contributed by atoms with Gasteiger partial charge in [-0.15, -0.1) is 0 Å². The zero-order valence-electron chi connectivity index (χ0n) is 12.7. The van der Waals surface area contributed by atoms with Crippen LogP contribution < -0.4 is 4.90 Å². The molecule has 0 aliphatic rings. The molecular formula is C15H25N3O2. The Morgan fingerprint density at radius 3 is 2.45 bits per heavy atom. The summed E-state index contributed by atoms with van der Waals surface area (Å²) in [6.07, 6.45) is 2.65. The maximum Gasteiger partial charge on any atom is 0.339 e. The van der Waals surface area contributed by atoms with Gasteiger partial charge in [-0.05, 0) is 45.1 Å². The van der Waals surface area contributed by atoms with Crippen molar-refractivity contribution in [1.29, 1.82) is 0 Å². The lowest BCUT2D eigenvalue weighted by atomic mass is 10.2. The summed E-state index contributed by atoms with van der Waals surface area (Å²) in [5.74, 6) is -0.350. The molecule has 0 fully saturated rings. The highest BCUT2D eigenvalue weighted by atomic mass is 16.4. The minimum absolute atomic E-state index is 0.275. The van der Waals surface area contributed by atoms with Gasteiger partial charge in [0.05, 0.1) is 0 Å². The van der Waals surface area contributed by atoms with Gasteiger partial charge < -0.3 is 14.9 Å². The fourth-order valence-electron chi connectivity index (χ4n) is 2.25. The van der Waals surface area contributed by atoms with E-state index in [4.69, 9.17) is 0 Å². The van der Waals surface area contributed by atoms with Crippen LogP contribution >= 0.6 is 0 Å². The molecule has 1 heterocycles. The highest BCUT2D eigenvalue weighted by Crippen LogP contribution is 2.17. The van der Waals surface area contributed by atoms with E-state index in [1.54, 1.807) is 18.3 Å². The molecule has 0 aliphatic carbocycles.